The van der Waals surface area contributed by atoms with Crippen LogP contribution in [0, 0.1) is 0 Å². The second kappa shape index (κ2) is 5.21. The van der Waals surface area contributed by atoms with E-state index in [1.807, 2.05) is 0 Å². The van der Waals surface area contributed by atoms with Gasteiger partial charge in [0.15, 0.2) is 0 Å². The second-order valence-corrected chi connectivity index (χ2v) is 9.38. The Hall–Kier alpha value is -0.650. The summed E-state index contributed by atoms with van der Waals surface area (Å²) in [6.45, 7) is 8.99. The standard InChI is InChI=1S/C16H22BrNO2S/c1-15(2)6-7-16(3,4)13-10-14(17)11(9-12(13)15)5-8-21(18,19)20/h5,8-10H,6-7H2,1-4H3,(H2,18,19,20). The number of primary sulfonamides is 1. The van der Waals surface area contributed by atoms with Gasteiger partial charge in [-0.15, -0.1) is 0 Å². The van der Waals surface area contributed by atoms with Gasteiger partial charge in [0.25, 0.3) is 0 Å². The quantitative estimate of drug-likeness (QED) is 0.851. The molecule has 3 nitrogen and oxygen atoms in total. The Balaban J connectivity index is 2.62. The van der Waals surface area contributed by atoms with Crippen molar-refractivity contribution >= 4 is 32.0 Å². The number of benzene rings is 1. The van der Waals surface area contributed by atoms with Gasteiger partial charge in [-0.05, 0) is 58.6 Å². The van der Waals surface area contributed by atoms with E-state index in [9.17, 15) is 8.42 Å². The monoisotopic (exact) mass is 371 g/mol. The molecule has 0 saturated carbocycles. The maximum absolute atomic E-state index is 11.1. The minimum Gasteiger partial charge on any atom is -0.225 e. The van der Waals surface area contributed by atoms with Crippen LogP contribution in [0.2, 0.25) is 0 Å². The van der Waals surface area contributed by atoms with Crippen LogP contribution < -0.4 is 5.14 Å². The predicted molar refractivity (Wildman–Crippen MR) is 91.6 cm³/mol. The minimum absolute atomic E-state index is 0.0930. The van der Waals surface area contributed by atoms with Gasteiger partial charge in [0.05, 0.1) is 0 Å². The molecule has 0 bridgehead atoms. The highest BCUT2D eigenvalue weighted by molar-refractivity contribution is 9.10. The molecule has 0 heterocycles. The van der Waals surface area contributed by atoms with Gasteiger partial charge in [-0.25, -0.2) is 13.6 Å². The van der Waals surface area contributed by atoms with E-state index in [0.29, 0.717) is 0 Å². The fourth-order valence-electron chi connectivity index (χ4n) is 2.90. The fraction of sp³-hybridized carbons (Fsp3) is 0.500. The van der Waals surface area contributed by atoms with Gasteiger partial charge in [-0.3, -0.25) is 0 Å². The van der Waals surface area contributed by atoms with E-state index >= 15 is 0 Å². The molecule has 0 amide bonds. The van der Waals surface area contributed by atoms with E-state index in [1.165, 1.54) is 11.1 Å². The number of rotatable bonds is 2. The third-order valence-corrected chi connectivity index (χ3v) is 5.61. The number of hydrogen-bond acceptors (Lipinski definition) is 2. The number of sulfonamides is 1. The summed E-state index contributed by atoms with van der Waals surface area (Å²) in [4.78, 5) is 0. The molecule has 0 unspecified atom stereocenters. The summed E-state index contributed by atoms with van der Waals surface area (Å²) in [6, 6.07) is 4.21. The molecule has 0 spiro atoms. The average Bonchev–Trinajstić information content (AvgIpc) is 2.32. The SMILES string of the molecule is CC1(C)CCC(C)(C)c2cc(C=CS(N)(=O)=O)c(Br)cc21. The largest absolute Gasteiger partial charge is 0.231 e. The van der Waals surface area contributed by atoms with Crippen molar-refractivity contribution < 1.29 is 8.42 Å². The zero-order valence-corrected chi connectivity index (χ0v) is 15.3. The highest BCUT2D eigenvalue weighted by atomic mass is 79.9. The molecule has 0 aliphatic heterocycles. The van der Waals surface area contributed by atoms with Gasteiger partial charge in [0, 0.05) is 9.88 Å². The van der Waals surface area contributed by atoms with Gasteiger partial charge < -0.3 is 0 Å². The first-order chi connectivity index (χ1) is 9.42. The molecule has 0 radical (unpaired) electrons. The molecule has 0 fully saturated rings. The fourth-order valence-corrected chi connectivity index (χ4v) is 3.71. The lowest BCUT2D eigenvalue weighted by atomic mass is 9.63. The van der Waals surface area contributed by atoms with Crippen molar-refractivity contribution in [1.82, 2.24) is 0 Å². The van der Waals surface area contributed by atoms with Gasteiger partial charge in [0.2, 0.25) is 10.0 Å². The lowest BCUT2D eigenvalue weighted by molar-refractivity contribution is 0.331. The first-order valence-corrected chi connectivity index (χ1v) is 9.38. The van der Waals surface area contributed by atoms with Gasteiger partial charge in [0.1, 0.15) is 0 Å². The normalized spacial score (nSPS) is 20.5. The third-order valence-electron chi connectivity index (χ3n) is 4.41. The summed E-state index contributed by atoms with van der Waals surface area (Å²) in [5.74, 6) is 0. The zero-order valence-electron chi connectivity index (χ0n) is 12.9. The van der Waals surface area contributed by atoms with E-state index in [0.717, 1.165) is 28.3 Å². The Morgan fingerprint density at radius 1 is 1.10 bits per heavy atom. The van der Waals surface area contributed by atoms with Crippen molar-refractivity contribution in [3.05, 3.63) is 38.7 Å². The Morgan fingerprint density at radius 2 is 1.57 bits per heavy atom. The molecule has 1 aliphatic rings. The topological polar surface area (TPSA) is 60.2 Å². The zero-order chi connectivity index (χ0) is 16.1. The van der Waals surface area contributed by atoms with Gasteiger partial charge in [-0.2, -0.15) is 0 Å². The molecular weight excluding hydrogens is 350 g/mol. The molecule has 1 aliphatic carbocycles. The van der Waals surface area contributed by atoms with Crippen molar-refractivity contribution in [2.75, 3.05) is 0 Å². The molecule has 1 aromatic rings. The summed E-state index contributed by atoms with van der Waals surface area (Å²) in [7, 11) is -3.61. The summed E-state index contributed by atoms with van der Waals surface area (Å²) in [5.41, 5.74) is 3.69. The van der Waals surface area contributed by atoms with Crippen LogP contribution in [-0.4, -0.2) is 8.42 Å². The van der Waals surface area contributed by atoms with Crippen LogP contribution in [0.15, 0.2) is 22.0 Å². The highest BCUT2D eigenvalue weighted by Crippen LogP contribution is 2.47. The Bertz CT molecular complexity index is 703. The average molecular weight is 372 g/mol. The lowest BCUT2D eigenvalue weighted by Crippen LogP contribution is -2.33. The first kappa shape index (κ1) is 16.7. The third kappa shape index (κ3) is 3.58. The highest BCUT2D eigenvalue weighted by Gasteiger charge is 2.37. The van der Waals surface area contributed by atoms with Crippen molar-refractivity contribution in [2.45, 2.75) is 51.4 Å². The smallest absolute Gasteiger partial charge is 0.225 e. The molecular formula is C16H22BrNO2S. The predicted octanol–water partition coefficient (Wildman–Crippen LogP) is 4.06. The van der Waals surface area contributed by atoms with Crippen LogP contribution in [0.1, 0.15) is 57.2 Å². The number of nitrogens with two attached hydrogens (primary N) is 1. The van der Waals surface area contributed by atoms with Crippen LogP contribution in [0.25, 0.3) is 6.08 Å². The summed E-state index contributed by atoms with van der Waals surface area (Å²) in [5, 5.41) is 6.08. The minimum atomic E-state index is -3.61. The molecule has 2 N–H and O–H groups in total. The molecule has 0 atom stereocenters. The molecule has 0 saturated heterocycles. The molecule has 2 rings (SSSR count). The molecule has 21 heavy (non-hydrogen) atoms. The van der Waals surface area contributed by atoms with Gasteiger partial charge >= 0.3 is 0 Å². The van der Waals surface area contributed by atoms with E-state index in [4.69, 9.17) is 5.14 Å². The molecule has 116 valence electrons. The van der Waals surface area contributed by atoms with Gasteiger partial charge in [-0.1, -0.05) is 43.6 Å². The Labute approximate surface area is 135 Å². The van der Waals surface area contributed by atoms with Crippen LogP contribution in [0.5, 0.6) is 0 Å². The van der Waals surface area contributed by atoms with Crippen molar-refractivity contribution in [1.29, 1.82) is 0 Å². The molecule has 5 heteroatoms. The maximum Gasteiger partial charge on any atom is 0.231 e. The summed E-state index contributed by atoms with van der Waals surface area (Å²) in [6.07, 6.45) is 3.82. The van der Waals surface area contributed by atoms with E-state index in [2.05, 4.69) is 55.8 Å². The van der Waals surface area contributed by atoms with Crippen molar-refractivity contribution in [3.8, 4) is 0 Å². The van der Waals surface area contributed by atoms with Crippen LogP contribution in [0.3, 0.4) is 0 Å². The van der Waals surface area contributed by atoms with Crippen molar-refractivity contribution in [2.24, 2.45) is 5.14 Å². The second-order valence-electron chi connectivity index (χ2n) is 7.08. The van der Waals surface area contributed by atoms with E-state index in [-0.39, 0.29) is 10.8 Å². The maximum atomic E-state index is 11.1. The number of halogens is 1. The number of fused-ring (bicyclic) bond motifs is 1. The van der Waals surface area contributed by atoms with E-state index in [1.54, 1.807) is 6.08 Å². The van der Waals surface area contributed by atoms with E-state index < -0.39 is 10.0 Å². The Kier molecular flexibility index (Phi) is 4.15. The number of hydrogen-bond donors (Lipinski definition) is 1. The van der Waals surface area contributed by atoms with Crippen molar-refractivity contribution in [3.63, 3.8) is 0 Å². The Morgan fingerprint density at radius 3 is 2.05 bits per heavy atom. The lowest BCUT2D eigenvalue weighted by Gasteiger charge is -2.42. The van der Waals surface area contributed by atoms with Crippen LogP contribution in [0.4, 0.5) is 0 Å². The van der Waals surface area contributed by atoms with Crippen LogP contribution >= 0.6 is 15.9 Å². The summed E-state index contributed by atoms with van der Waals surface area (Å²) < 4.78 is 23.1. The van der Waals surface area contributed by atoms with Crippen LogP contribution in [-0.2, 0) is 20.9 Å². The first-order valence-electron chi connectivity index (χ1n) is 6.98. The molecule has 0 aromatic heterocycles. The summed E-state index contributed by atoms with van der Waals surface area (Å²) >= 11 is 3.55. The molecule has 1 aromatic carbocycles.